The number of carbonyl (C=O) groups excluding carboxylic acids is 1. The summed E-state index contributed by atoms with van der Waals surface area (Å²) in [6.07, 6.45) is 1.20. The van der Waals surface area contributed by atoms with Crippen LogP contribution in [0.1, 0.15) is 60.8 Å². The van der Waals surface area contributed by atoms with E-state index >= 15 is 0 Å². The zero-order valence-corrected chi connectivity index (χ0v) is 25.9. The number of aromatic amines is 1. The average molecular weight is 543 g/mol. The molecule has 1 fully saturated rings. The third kappa shape index (κ3) is 6.86. The van der Waals surface area contributed by atoms with Crippen LogP contribution < -0.4 is 11.2 Å². The molecule has 2 heterocycles. The summed E-state index contributed by atoms with van der Waals surface area (Å²) < 4.78 is 26.3. The van der Waals surface area contributed by atoms with E-state index < -0.39 is 45.7 Å². The van der Waals surface area contributed by atoms with Gasteiger partial charge in [0.05, 0.1) is 26.2 Å². The average Bonchev–Trinajstić information content (AvgIpc) is 3.06. The molecule has 0 radical (unpaired) electrons. The fourth-order valence-electron chi connectivity index (χ4n) is 3.75. The highest BCUT2D eigenvalue weighted by Crippen LogP contribution is 2.45. The number of nitrogens with one attached hydrogen (secondary N) is 1. The van der Waals surface area contributed by atoms with Gasteiger partial charge in [0.15, 0.2) is 22.4 Å². The van der Waals surface area contributed by atoms with Gasteiger partial charge in [0.1, 0.15) is 6.10 Å². The monoisotopic (exact) mass is 542 g/mol. The second-order valence-corrected chi connectivity index (χ2v) is 22.4. The molecular formula is C25H46N2O7Si2. The van der Waals surface area contributed by atoms with Crippen molar-refractivity contribution in [1.82, 2.24) is 9.55 Å². The Morgan fingerprint density at radius 2 is 1.69 bits per heavy atom. The molecule has 0 bridgehead atoms. The molecule has 9 nitrogen and oxygen atoms in total. The van der Waals surface area contributed by atoms with Gasteiger partial charge in [-0.15, -0.1) is 0 Å². The fourth-order valence-corrected chi connectivity index (χ4v) is 6.11. The van der Waals surface area contributed by atoms with E-state index in [0.717, 1.165) is 0 Å². The quantitative estimate of drug-likeness (QED) is 0.365. The van der Waals surface area contributed by atoms with Gasteiger partial charge in [0, 0.05) is 25.1 Å². The van der Waals surface area contributed by atoms with Gasteiger partial charge in [-0.05, 0) is 36.3 Å². The van der Waals surface area contributed by atoms with Crippen LogP contribution in [0.2, 0.25) is 36.3 Å². The van der Waals surface area contributed by atoms with Crippen LogP contribution in [-0.4, -0.2) is 58.1 Å². The van der Waals surface area contributed by atoms with E-state index in [2.05, 4.69) is 72.7 Å². The second-order valence-electron chi connectivity index (χ2n) is 12.9. The summed E-state index contributed by atoms with van der Waals surface area (Å²) in [4.78, 5) is 39.1. The number of carbonyl (C=O) groups is 1. The molecule has 0 spiro atoms. The van der Waals surface area contributed by atoms with Crippen LogP contribution >= 0.6 is 0 Å². The Kier molecular flexibility index (Phi) is 9.10. The van der Waals surface area contributed by atoms with Gasteiger partial charge in [-0.2, -0.15) is 0 Å². The van der Waals surface area contributed by atoms with Gasteiger partial charge in [-0.1, -0.05) is 41.5 Å². The SMILES string of the molecule is COC(=O)CC[C@]1(n2ccc(=O)[nH]c2=O)C[C@H](O[Si](C)(C)C(C)(C)C)[C@@H](CO[Si](C)(C)C(C)(C)C)O1. The minimum atomic E-state index is -2.22. The maximum absolute atomic E-state index is 12.9. The van der Waals surface area contributed by atoms with Crippen molar-refractivity contribution in [2.24, 2.45) is 0 Å². The number of rotatable bonds is 9. The number of H-pyrrole nitrogens is 1. The molecule has 1 aromatic rings. The minimum absolute atomic E-state index is 0.0131. The molecule has 206 valence electrons. The maximum Gasteiger partial charge on any atom is 0.330 e. The van der Waals surface area contributed by atoms with E-state index in [1.165, 1.54) is 23.9 Å². The first-order valence-corrected chi connectivity index (χ1v) is 18.5. The zero-order chi connectivity index (χ0) is 27.7. The van der Waals surface area contributed by atoms with Crippen molar-refractivity contribution in [3.63, 3.8) is 0 Å². The third-order valence-electron chi connectivity index (χ3n) is 8.18. The van der Waals surface area contributed by atoms with Crippen molar-refractivity contribution in [2.45, 2.75) is 115 Å². The molecule has 0 aliphatic carbocycles. The molecule has 36 heavy (non-hydrogen) atoms. The molecule has 1 aliphatic heterocycles. The number of ether oxygens (including phenoxy) is 2. The van der Waals surface area contributed by atoms with Crippen LogP contribution in [0.3, 0.4) is 0 Å². The summed E-state index contributed by atoms with van der Waals surface area (Å²) in [6, 6.07) is 1.29. The zero-order valence-electron chi connectivity index (χ0n) is 23.9. The van der Waals surface area contributed by atoms with Gasteiger partial charge in [0.2, 0.25) is 0 Å². The van der Waals surface area contributed by atoms with Crippen LogP contribution in [0.4, 0.5) is 0 Å². The topological polar surface area (TPSA) is 109 Å². The van der Waals surface area contributed by atoms with Crippen LogP contribution in [0.25, 0.3) is 0 Å². The smallest absolute Gasteiger partial charge is 0.330 e. The molecular weight excluding hydrogens is 496 g/mol. The Morgan fingerprint density at radius 3 is 2.19 bits per heavy atom. The van der Waals surface area contributed by atoms with Crippen LogP contribution in [0, 0.1) is 0 Å². The van der Waals surface area contributed by atoms with Crippen molar-refractivity contribution in [3.8, 4) is 0 Å². The lowest BCUT2D eigenvalue weighted by atomic mass is 10.0. The number of nitrogens with zero attached hydrogens (tertiary/aromatic N) is 1. The maximum atomic E-state index is 12.9. The fraction of sp³-hybridized carbons (Fsp3) is 0.800. The van der Waals surface area contributed by atoms with Crippen molar-refractivity contribution in [3.05, 3.63) is 33.1 Å². The number of esters is 1. The predicted molar refractivity (Wildman–Crippen MR) is 145 cm³/mol. The summed E-state index contributed by atoms with van der Waals surface area (Å²) >= 11 is 0. The molecule has 1 aliphatic rings. The van der Waals surface area contributed by atoms with Gasteiger partial charge in [-0.25, -0.2) is 4.79 Å². The molecule has 1 aromatic heterocycles. The molecule has 1 saturated heterocycles. The van der Waals surface area contributed by atoms with E-state index in [9.17, 15) is 14.4 Å². The Bertz CT molecular complexity index is 1040. The van der Waals surface area contributed by atoms with Crippen molar-refractivity contribution < 1.29 is 23.1 Å². The highest BCUT2D eigenvalue weighted by atomic mass is 28.4. The van der Waals surface area contributed by atoms with Crippen molar-refractivity contribution in [1.29, 1.82) is 0 Å². The van der Waals surface area contributed by atoms with Gasteiger partial charge in [-0.3, -0.25) is 19.1 Å². The number of hydrogen-bond donors (Lipinski definition) is 1. The summed E-state index contributed by atoms with van der Waals surface area (Å²) in [7, 11) is -2.99. The highest BCUT2D eigenvalue weighted by molar-refractivity contribution is 6.74. The van der Waals surface area contributed by atoms with Gasteiger partial charge >= 0.3 is 11.7 Å². The Morgan fingerprint density at radius 1 is 1.11 bits per heavy atom. The summed E-state index contributed by atoms with van der Waals surface area (Å²) in [6.45, 7) is 22.1. The normalized spacial score (nSPS) is 23.6. The van der Waals surface area contributed by atoms with E-state index in [-0.39, 0.29) is 29.0 Å². The lowest BCUT2D eigenvalue weighted by Crippen LogP contribution is -2.48. The lowest BCUT2D eigenvalue weighted by molar-refractivity contribution is -0.148. The molecule has 0 saturated carbocycles. The third-order valence-corrected chi connectivity index (χ3v) is 17.2. The van der Waals surface area contributed by atoms with Crippen LogP contribution in [0.5, 0.6) is 0 Å². The molecule has 1 N–H and O–H groups in total. The van der Waals surface area contributed by atoms with E-state index in [1.54, 1.807) is 0 Å². The van der Waals surface area contributed by atoms with E-state index in [1.807, 2.05) is 0 Å². The van der Waals surface area contributed by atoms with Gasteiger partial charge in [0.25, 0.3) is 5.56 Å². The Balaban J connectivity index is 2.53. The standard InChI is InChI=1S/C25H46N2O7Si2/c1-23(2,3)35(8,9)32-17-19-18(34-36(10,11)24(4,5)6)16-25(33-19,14-12-21(29)31-7)27-15-13-20(28)26-22(27)30/h13,15,18-19H,12,14,16-17H2,1-11H3,(H,26,28,30)/t18-,19+,25+/m0/s1. The van der Waals surface area contributed by atoms with Crippen molar-refractivity contribution in [2.75, 3.05) is 13.7 Å². The Hall–Kier alpha value is -1.54. The Labute approximate surface area is 217 Å². The molecule has 2 rings (SSSR count). The predicted octanol–water partition coefficient (Wildman–Crippen LogP) is 4.34. The molecule has 0 unspecified atom stereocenters. The first-order valence-electron chi connectivity index (χ1n) is 12.6. The van der Waals surface area contributed by atoms with Crippen molar-refractivity contribution >= 4 is 22.6 Å². The molecule has 11 heteroatoms. The number of methoxy groups -OCH3 is 1. The lowest BCUT2D eigenvalue weighted by Gasteiger charge is -2.40. The molecule has 0 amide bonds. The number of hydrogen-bond acceptors (Lipinski definition) is 7. The first kappa shape index (κ1) is 30.7. The van der Waals surface area contributed by atoms with Crippen LogP contribution in [-0.2, 0) is 28.8 Å². The molecule has 3 atom stereocenters. The molecule has 0 aromatic carbocycles. The van der Waals surface area contributed by atoms with Gasteiger partial charge < -0.3 is 18.3 Å². The minimum Gasteiger partial charge on any atom is -0.469 e. The largest absolute Gasteiger partial charge is 0.469 e. The first-order chi connectivity index (χ1) is 16.2. The summed E-state index contributed by atoms with van der Waals surface area (Å²) in [5.74, 6) is -0.404. The summed E-state index contributed by atoms with van der Waals surface area (Å²) in [5, 5.41) is -0.0247. The van der Waals surface area contributed by atoms with E-state index in [4.69, 9.17) is 18.3 Å². The highest BCUT2D eigenvalue weighted by Gasteiger charge is 2.53. The number of aromatic nitrogens is 2. The second kappa shape index (κ2) is 10.7. The summed E-state index contributed by atoms with van der Waals surface area (Å²) in [5.41, 5.74) is -2.28. The van der Waals surface area contributed by atoms with E-state index in [0.29, 0.717) is 13.0 Å². The van der Waals surface area contributed by atoms with Crippen LogP contribution in [0.15, 0.2) is 21.9 Å².